The Morgan fingerprint density at radius 1 is 1.00 bits per heavy atom. The number of hydrogen-bond donors (Lipinski definition) is 1. The van der Waals surface area contributed by atoms with Gasteiger partial charge in [-0.2, -0.15) is 0 Å². The number of nitrogens with one attached hydrogen (secondary N) is 1. The highest BCUT2D eigenvalue weighted by atomic mass is 79.9. The van der Waals surface area contributed by atoms with Gasteiger partial charge in [-0.05, 0) is 63.1 Å². The summed E-state index contributed by atoms with van der Waals surface area (Å²) >= 11 is 18.8. The summed E-state index contributed by atoms with van der Waals surface area (Å²) in [6, 6.07) is 14.6. The summed E-state index contributed by atoms with van der Waals surface area (Å²) in [6.45, 7) is -0.124. The standard InChI is InChI=1S/C18H11Br2Cl2NO2/c19-11-2-4-13-10(7-11)1-6-16(18(13)20)25-9-17(24)23-12-3-5-14(21)15(22)8-12/h1-8H,9H2,(H,23,24). The van der Waals surface area contributed by atoms with E-state index in [2.05, 4.69) is 37.2 Å². The number of carbonyl (C=O) groups is 1. The summed E-state index contributed by atoms with van der Waals surface area (Å²) in [5, 5.41) is 5.60. The van der Waals surface area contributed by atoms with E-state index in [1.54, 1.807) is 18.2 Å². The van der Waals surface area contributed by atoms with Gasteiger partial charge in [0, 0.05) is 10.2 Å². The Bertz CT molecular complexity index is 963. The van der Waals surface area contributed by atoms with Crippen LogP contribution in [0.15, 0.2) is 57.5 Å². The second-order valence-electron chi connectivity index (χ2n) is 5.21. The van der Waals surface area contributed by atoms with E-state index in [1.165, 1.54) is 0 Å². The van der Waals surface area contributed by atoms with Crippen LogP contribution < -0.4 is 10.1 Å². The molecule has 0 aliphatic heterocycles. The third kappa shape index (κ3) is 4.47. The monoisotopic (exact) mass is 501 g/mol. The van der Waals surface area contributed by atoms with Gasteiger partial charge in [-0.15, -0.1) is 0 Å². The van der Waals surface area contributed by atoms with Crippen LogP contribution in [-0.2, 0) is 4.79 Å². The summed E-state index contributed by atoms with van der Waals surface area (Å²) < 4.78 is 7.44. The van der Waals surface area contributed by atoms with Crippen LogP contribution in [0.25, 0.3) is 10.8 Å². The van der Waals surface area contributed by atoms with Gasteiger partial charge in [0.15, 0.2) is 6.61 Å². The molecule has 25 heavy (non-hydrogen) atoms. The van der Waals surface area contributed by atoms with Gasteiger partial charge in [0.1, 0.15) is 5.75 Å². The molecule has 0 aliphatic carbocycles. The van der Waals surface area contributed by atoms with Crippen molar-refractivity contribution in [3.63, 3.8) is 0 Å². The molecule has 0 saturated heterocycles. The summed E-state index contributed by atoms with van der Waals surface area (Å²) in [5.41, 5.74) is 0.561. The Hall–Kier alpha value is -1.27. The van der Waals surface area contributed by atoms with Gasteiger partial charge in [-0.3, -0.25) is 4.79 Å². The van der Waals surface area contributed by atoms with Crippen molar-refractivity contribution in [3.8, 4) is 5.75 Å². The second-order valence-corrected chi connectivity index (χ2v) is 7.73. The zero-order chi connectivity index (χ0) is 18.0. The topological polar surface area (TPSA) is 38.3 Å². The maximum Gasteiger partial charge on any atom is 0.262 e. The van der Waals surface area contributed by atoms with Crippen molar-refractivity contribution in [2.24, 2.45) is 0 Å². The Balaban J connectivity index is 1.69. The number of benzene rings is 3. The normalized spacial score (nSPS) is 10.7. The average molecular weight is 504 g/mol. The highest BCUT2D eigenvalue weighted by Gasteiger charge is 2.10. The molecule has 0 heterocycles. The molecular formula is C18H11Br2Cl2NO2. The number of hydrogen-bond acceptors (Lipinski definition) is 2. The van der Waals surface area contributed by atoms with Crippen molar-refractivity contribution in [1.82, 2.24) is 0 Å². The van der Waals surface area contributed by atoms with Gasteiger partial charge < -0.3 is 10.1 Å². The molecule has 0 aliphatic rings. The maximum absolute atomic E-state index is 12.1. The number of ether oxygens (including phenoxy) is 1. The van der Waals surface area contributed by atoms with Gasteiger partial charge in [0.05, 0.1) is 14.5 Å². The van der Waals surface area contributed by atoms with E-state index >= 15 is 0 Å². The first kappa shape index (κ1) is 18.5. The van der Waals surface area contributed by atoms with Crippen molar-refractivity contribution >= 4 is 77.4 Å². The number of rotatable bonds is 4. The van der Waals surface area contributed by atoms with Gasteiger partial charge >= 0.3 is 0 Å². The van der Waals surface area contributed by atoms with Crippen LogP contribution in [0.4, 0.5) is 5.69 Å². The van der Waals surface area contributed by atoms with Crippen LogP contribution >= 0.6 is 55.1 Å². The smallest absolute Gasteiger partial charge is 0.262 e. The van der Waals surface area contributed by atoms with Crippen molar-refractivity contribution in [2.45, 2.75) is 0 Å². The Kier molecular flexibility index (Phi) is 5.89. The zero-order valence-corrected chi connectivity index (χ0v) is 17.3. The van der Waals surface area contributed by atoms with Gasteiger partial charge in [0.25, 0.3) is 5.91 Å². The maximum atomic E-state index is 12.1. The van der Waals surface area contributed by atoms with Gasteiger partial charge in [0.2, 0.25) is 0 Å². The lowest BCUT2D eigenvalue weighted by Crippen LogP contribution is -2.20. The first-order valence-electron chi connectivity index (χ1n) is 7.19. The third-order valence-electron chi connectivity index (χ3n) is 3.44. The van der Waals surface area contributed by atoms with Crippen molar-refractivity contribution < 1.29 is 9.53 Å². The minimum absolute atomic E-state index is 0.124. The van der Waals surface area contributed by atoms with E-state index in [0.29, 0.717) is 21.5 Å². The van der Waals surface area contributed by atoms with Crippen molar-refractivity contribution in [3.05, 3.63) is 67.5 Å². The molecule has 0 bridgehead atoms. The quantitative estimate of drug-likeness (QED) is 0.431. The molecule has 128 valence electrons. The molecule has 0 spiro atoms. The minimum atomic E-state index is -0.291. The van der Waals surface area contributed by atoms with Crippen molar-refractivity contribution in [2.75, 3.05) is 11.9 Å². The first-order chi connectivity index (χ1) is 11.9. The Morgan fingerprint density at radius 3 is 2.56 bits per heavy atom. The molecular weight excluding hydrogens is 493 g/mol. The molecule has 0 radical (unpaired) electrons. The molecule has 7 heteroatoms. The minimum Gasteiger partial charge on any atom is -0.483 e. The van der Waals surface area contributed by atoms with E-state index in [1.807, 2.05) is 30.3 Å². The first-order valence-corrected chi connectivity index (χ1v) is 9.54. The highest BCUT2D eigenvalue weighted by molar-refractivity contribution is 9.11. The van der Waals surface area contributed by atoms with Gasteiger partial charge in [-0.25, -0.2) is 0 Å². The number of anilines is 1. The van der Waals surface area contributed by atoms with Gasteiger partial charge in [-0.1, -0.05) is 51.3 Å². The summed E-state index contributed by atoms with van der Waals surface area (Å²) in [4.78, 5) is 12.1. The number of fused-ring (bicyclic) bond motifs is 1. The fraction of sp³-hybridized carbons (Fsp3) is 0.0556. The van der Waals surface area contributed by atoms with Crippen LogP contribution in [-0.4, -0.2) is 12.5 Å². The van der Waals surface area contributed by atoms with E-state index in [4.69, 9.17) is 27.9 Å². The molecule has 0 saturated carbocycles. The zero-order valence-electron chi connectivity index (χ0n) is 12.7. The SMILES string of the molecule is O=C(COc1ccc2cc(Br)ccc2c1Br)Nc1ccc(Cl)c(Cl)c1. The number of carbonyl (C=O) groups excluding carboxylic acids is 1. The highest BCUT2D eigenvalue weighted by Crippen LogP contribution is 2.34. The molecule has 0 atom stereocenters. The molecule has 3 nitrogen and oxygen atoms in total. The second kappa shape index (κ2) is 7.96. The van der Waals surface area contributed by atoms with Crippen LogP contribution in [0, 0.1) is 0 Å². The molecule has 0 aromatic heterocycles. The van der Waals surface area contributed by atoms with Crippen LogP contribution in [0.5, 0.6) is 5.75 Å². The molecule has 1 amide bonds. The predicted molar refractivity (Wildman–Crippen MR) is 110 cm³/mol. The van der Waals surface area contributed by atoms with Crippen LogP contribution in [0.1, 0.15) is 0 Å². The molecule has 1 N–H and O–H groups in total. The fourth-order valence-corrected chi connectivity index (χ4v) is 3.55. The fourth-order valence-electron chi connectivity index (χ4n) is 2.27. The van der Waals surface area contributed by atoms with Crippen LogP contribution in [0.3, 0.4) is 0 Å². The summed E-state index contributed by atoms with van der Waals surface area (Å²) in [6.07, 6.45) is 0. The lowest BCUT2D eigenvalue weighted by atomic mass is 10.1. The lowest BCUT2D eigenvalue weighted by Gasteiger charge is -2.11. The number of halogens is 4. The third-order valence-corrected chi connectivity index (χ3v) is 5.49. The predicted octanol–water partition coefficient (Wildman–Crippen LogP) is 6.69. The Labute approximate surface area is 171 Å². The van der Waals surface area contributed by atoms with Crippen molar-refractivity contribution in [1.29, 1.82) is 0 Å². The van der Waals surface area contributed by atoms with Crippen LogP contribution in [0.2, 0.25) is 10.0 Å². The molecule has 3 rings (SSSR count). The summed E-state index contributed by atoms with van der Waals surface area (Å²) in [7, 11) is 0. The Morgan fingerprint density at radius 2 is 1.80 bits per heavy atom. The largest absolute Gasteiger partial charge is 0.483 e. The van der Waals surface area contributed by atoms with E-state index in [-0.39, 0.29) is 12.5 Å². The average Bonchev–Trinajstić information content (AvgIpc) is 2.57. The number of amides is 1. The lowest BCUT2D eigenvalue weighted by molar-refractivity contribution is -0.118. The summed E-state index contributed by atoms with van der Waals surface area (Å²) in [5.74, 6) is 0.306. The molecule has 3 aromatic rings. The van der Waals surface area contributed by atoms with E-state index in [9.17, 15) is 4.79 Å². The van der Waals surface area contributed by atoms with E-state index in [0.717, 1.165) is 19.7 Å². The van der Waals surface area contributed by atoms with E-state index < -0.39 is 0 Å². The molecule has 0 unspecified atom stereocenters. The molecule has 3 aromatic carbocycles. The molecule has 0 fully saturated rings.